The Kier molecular flexibility index (Phi) is 10.5. The Morgan fingerprint density at radius 2 is 1.85 bits per heavy atom. The van der Waals surface area contributed by atoms with Crippen molar-refractivity contribution in [2.24, 2.45) is 0 Å². The molecule has 1 atom stereocenters. The zero-order valence-electron chi connectivity index (χ0n) is 8.90. The summed E-state index contributed by atoms with van der Waals surface area (Å²) in [6, 6.07) is 2.65. The van der Waals surface area contributed by atoms with Gasteiger partial charge in [0.05, 0.1) is 0 Å². The SMILES string of the molecule is C=CCCCCCC[SiH](Cl)CCC. The van der Waals surface area contributed by atoms with Crippen molar-refractivity contribution in [1.82, 2.24) is 0 Å². The van der Waals surface area contributed by atoms with Crippen LogP contribution >= 0.6 is 11.1 Å². The number of hydrogen-bond donors (Lipinski definition) is 0. The summed E-state index contributed by atoms with van der Waals surface area (Å²) in [4.78, 5) is 0. The van der Waals surface area contributed by atoms with E-state index in [0.717, 1.165) is 0 Å². The molecule has 1 unspecified atom stereocenters. The molecule has 13 heavy (non-hydrogen) atoms. The normalized spacial score (nSPS) is 12.8. The molecule has 0 heterocycles. The maximum absolute atomic E-state index is 6.24. The lowest BCUT2D eigenvalue weighted by Gasteiger charge is -2.04. The van der Waals surface area contributed by atoms with E-state index in [2.05, 4.69) is 13.5 Å². The van der Waals surface area contributed by atoms with Crippen molar-refractivity contribution < 1.29 is 0 Å². The van der Waals surface area contributed by atoms with E-state index in [1.54, 1.807) is 0 Å². The highest BCUT2D eigenvalue weighted by Gasteiger charge is 2.04. The van der Waals surface area contributed by atoms with Gasteiger partial charge in [-0.05, 0) is 24.9 Å². The molecule has 0 aliphatic heterocycles. The summed E-state index contributed by atoms with van der Waals surface area (Å²) in [5.41, 5.74) is 0. The Bertz CT molecular complexity index is 115. The molecule has 0 radical (unpaired) electrons. The number of rotatable bonds is 9. The van der Waals surface area contributed by atoms with Gasteiger partial charge in [-0.2, -0.15) is 11.1 Å². The Morgan fingerprint density at radius 1 is 1.15 bits per heavy atom. The lowest BCUT2D eigenvalue weighted by Crippen LogP contribution is -2.01. The van der Waals surface area contributed by atoms with Crippen LogP contribution in [-0.2, 0) is 0 Å². The molecule has 0 saturated heterocycles. The molecule has 0 aliphatic rings. The highest BCUT2D eigenvalue weighted by Crippen LogP contribution is 2.13. The van der Waals surface area contributed by atoms with E-state index in [4.69, 9.17) is 11.1 Å². The molecule has 0 fully saturated rings. The Hall–Kier alpha value is 0.247. The molecule has 0 saturated carbocycles. The minimum Gasteiger partial charge on any atom is -0.172 e. The van der Waals surface area contributed by atoms with Crippen molar-refractivity contribution in [1.29, 1.82) is 0 Å². The molecule has 0 aliphatic carbocycles. The fraction of sp³-hybridized carbons (Fsp3) is 0.818. The molecule has 0 nitrogen and oxygen atoms in total. The van der Waals surface area contributed by atoms with Crippen molar-refractivity contribution in [2.45, 2.75) is 57.5 Å². The van der Waals surface area contributed by atoms with Crippen LogP contribution in [0.3, 0.4) is 0 Å². The third kappa shape index (κ3) is 10.2. The Balaban J connectivity index is 3.01. The molecule has 78 valence electrons. The van der Waals surface area contributed by atoms with Crippen molar-refractivity contribution in [3.8, 4) is 0 Å². The second-order valence-electron chi connectivity index (χ2n) is 3.67. The molecule has 0 rings (SSSR count). The molecule has 0 amide bonds. The van der Waals surface area contributed by atoms with Gasteiger partial charge < -0.3 is 0 Å². The maximum Gasteiger partial charge on any atom is 0.141 e. The summed E-state index contributed by atoms with van der Waals surface area (Å²) in [6.45, 7) is 5.95. The average molecular weight is 219 g/mol. The first-order chi connectivity index (χ1) is 6.31. The molecule has 0 bridgehead atoms. The first-order valence-corrected chi connectivity index (χ1v) is 8.94. The predicted molar refractivity (Wildman–Crippen MR) is 66.2 cm³/mol. The Labute approximate surface area is 89.7 Å². The summed E-state index contributed by atoms with van der Waals surface area (Å²) >= 11 is 6.24. The summed E-state index contributed by atoms with van der Waals surface area (Å²) in [5, 5.41) is 0. The van der Waals surface area contributed by atoms with Gasteiger partial charge in [0.2, 0.25) is 0 Å². The average Bonchev–Trinajstić information content (AvgIpc) is 2.11. The molecule has 0 aromatic rings. The van der Waals surface area contributed by atoms with Crippen LogP contribution in [-0.4, -0.2) is 8.11 Å². The number of halogens is 1. The lowest BCUT2D eigenvalue weighted by atomic mass is 10.1. The quantitative estimate of drug-likeness (QED) is 0.232. The number of hydrogen-bond acceptors (Lipinski definition) is 0. The highest BCUT2D eigenvalue weighted by molar-refractivity contribution is 7.06. The molecule has 2 heteroatoms. The largest absolute Gasteiger partial charge is 0.172 e. The minimum absolute atomic E-state index is 0.809. The van der Waals surface area contributed by atoms with Gasteiger partial charge in [0.1, 0.15) is 8.11 Å². The summed E-state index contributed by atoms with van der Waals surface area (Å²) in [7, 11) is -0.809. The topological polar surface area (TPSA) is 0 Å². The minimum atomic E-state index is -0.809. The number of allylic oxidation sites excluding steroid dienone is 1. The second kappa shape index (κ2) is 10.3. The zero-order valence-corrected chi connectivity index (χ0v) is 10.8. The van der Waals surface area contributed by atoms with Crippen LogP contribution in [0.1, 0.15) is 45.4 Å². The van der Waals surface area contributed by atoms with Gasteiger partial charge in [-0.3, -0.25) is 0 Å². The smallest absolute Gasteiger partial charge is 0.141 e. The Morgan fingerprint density at radius 3 is 2.46 bits per heavy atom. The van der Waals surface area contributed by atoms with E-state index in [9.17, 15) is 0 Å². The lowest BCUT2D eigenvalue weighted by molar-refractivity contribution is 0.672. The first kappa shape index (κ1) is 13.2. The molecule has 0 aromatic carbocycles. The van der Waals surface area contributed by atoms with Crippen molar-refractivity contribution >= 4 is 19.2 Å². The van der Waals surface area contributed by atoms with E-state index in [0.29, 0.717) is 0 Å². The van der Waals surface area contributed by atoms with Crippen molar-refractivity contribution in [3.05, 3.63) is 12.7 Å². The monoisotopic (exact) mass is 218 g/mol. The fourth-order valence-electron chi connectivity index (χ4n) is 1.47. The van der Waals surface area contributed by atoms with Crippen LogP contribution in [0.5, 0.6) is 0 Å². The highest BCUT2D eigenvalue weighted by atomic mass is 35.6. The molecular formula is C11H23ClSi. The van der Waals surface area contributed by atoms with Crippen LogP contribution in [0.2, 0.25) is 12.1 Å². The van der Waals surface area contributed by atoms with Gasteiger partial charge in [-0.25, -0.2) is 0 Å². The van der Waals surface area contributed by atoms with Gasteiger partial charge in [0.15, 0.2) is 0 Å². The standard InChI is InChI=1S/C11H23ClSi/c1-3-5-6-7-8-9-11-13(12)10-4-2/h3,13H,1,4-11H2,2H3. The summed E-state index contributed by atoms with van der Waals surface area (Å²) in [5.74, 6) is 0. The van der Waals surface area contributed by atoms with Crippen LogP contribution in [0, 0.1) is 0 Å². The third-order valence-corrected chi connectivity index (χ3v) is 5.83. The first-order valence-electron chi connectivity index (χ1n) is 5.56. The van der Waals surface area contributed by atoms with Crippen LogP contribution in [0.25, 0.3) is 0 Å². The summed E-state index contributed by atoms with van der Waals surface area (Å²) in [6.07, 6.45) is 9.86. The molecule has 0 spiro atoms. The van der Waals surface area contributed by atoms with Gasteiger partial charge in [-0.1, -0.05) is 38.7 Å². The van der Waals surface area contributed by atoms with Crippen molar-refractivity contribution in [2.75, 3.05) is 0 Å². The van der Waals surface area contributed by atoms with Gasteiger partial charge >= 0.3 is 0 Å². The van der Waals surface area contributed by atoms with Gasteiger partial charge in [0, 0.05) is 0 Å². The van der Waals surface area contributed by atoms with Crippen LogP contribution < -0.4 is 0 Å². The van der Waals surface area contributed by atoms with E-state index >= 15 is 0 Å². The van der Waals surface area contributed by atoms with Crippen LogP contribution in [0.4, 0.5) is 0 Å². The molecule has 0 N–H and O–H groups in total. The van der Waals surface area contributed by atoms with E-state index in [1.165, 1.54) is 50.6 Å². The van der Waals surface area contributed by atoms with Crippen LogP contribution in [0.15, 0.2) is 12.7 Å². The van der Waals surface area contributed by atoms with E-state index in [-0.39, 0.29) is 0 Å². The van der Waals surface area contributed by atoms with Gasteiger partial charge in [-0.15, -0.1) is 6.58 Å². The number of unbranched alkanes of at least 4 members (excludes halogenated alkanes) is 4. The third-order valence-electron chi connectivity index (χ3n) is 2.28. The molecule has 0 aromatic heterocycles. The van der Waals surface area contributed by atoms with Crippen molar-refractivity contribution in [3.63, 3.8) is 0 Å². The second-order valence-corrected chi connectivity index (χ2v) is 7.87. The maximum atomic E-state index is 6.24. The molecular weight excluding hydrogens is 196 g/mol. The zero-order chi connectivity index (χ0) is 9.94. The fourth-order valence-corrected chi connectivity index (χ4v) is 4.23. The van der Waals surface area contributed by atoms with E-state index in [1.807, 2.05) is 6.08 Å². The predicted octanol–water partition coefficient (Wildman–Crippen LogP) is 4.50. The van der Waals surface area contributed by atoms with E-state index < -0.39 is 8.11 Å². The van der Waals surface area contributed by atoms with Gasteiger partial charge in [0.25, 0.3) is 0 Å². The summed E-state index contributed by atoms with van der Waals surface area (Å²) < 4.78 is 0.